The molecule has 1 rings (SSSR count). The zero-order valence-corrected chi connectivity index (χ0v) is 7.26. The first-order chi connectivity index (χ1) is 6.69. The Labute approximate surface area is 79.0 Å². The maximum atomic E-state index is 10.5. The third-order valence-corrected chi connectivity index (χ3v) is 1.55. The molecule has 72 valence electrons. The molecule has 0 aliphatic heterocycles. The van der Waals surface area contributed by atoms with E-state index >= 15 is 0 Å². The number of nitrogens with zero attached hydrogens (tertiary/aromatic N) is 2. The fraction of sp³-hybridized carbons (Fsp3) is 0.125. The second-order valence-corrected chi connectivity index (χ2v) is 2.31. The minimum atomic E-state index is -0.629. The van der Waals surface area contributed by atoms with E-state index in [1.54, 1.807) is 0 Å². The molecule has 0 bridgehead atoms. The number of rotatable bonds is 3. The molecular weight excluding hydrogens is 188 g/mol. The number of aliphatic imine (C=N–C) groups is 1. The van der Waals surface area contributed by atoms with Gasteiger partial charge in [0.05, 0.1) is 12.0 Å². The number of nitro benzene ring substituents is 1. The molecule has 0 amide bonds. The van der Waals surface area contributed by atoms with Crippen LogP contribution in [-0.4, -0.2) is 18.1 Å². The summed E-state index contributed by atoms with van der Waals surface area (Å²) in [6, 6.07) is 3.93. The lowest BCUT2D eigenvalue weighted by Crippen LogP contribution is -1.89. The summed E-state index contributed by atoms with van der Waals surface area (Å²) in [7, 11) is 1.41. The van der Waals surface area contributed by atoms with Crippen LogP contribution in [-0.2, 0) is 4.79 Å². The predicted octanol–water partition coefficient (Wildman–Crippen LogP) is 1.57. The third kappa shape index (κ3) is 1.94. The summed E-state index contributed by atoms with van der Waals surface area (Å²) in [4.78, 5) is 23.0. The summed E-state index contributed by atoms with van der Waals surface area (Å²) in [6.45, 7) is 0. The molecular formula is C8H6N2O4. The summed E-state index contributed by atoms with van der Waals surface area (Å²) in [5.41, 5.74) is -0.321. The van der Waals surface area contributed by atoms with Gasteiger partial charge in [-0.3, -0.25) is 10.1 Å². The van der Waals surface area contributed by atoms with Crippen molar-refractivity contribution in [1.82, 2.24) is 0 Å². The van der Waals surface area contributed by atoms with Crippen molar-refractivity contribution in [3.8, 4) is 5.75 Å². The molecule has 6 heteroatoms. The maximum Gasteiger partial charge on any atom is 0.296 e. The van der Waals surface area contributed by atoms with Crippen molar-refractivity contribution in [2.24, 2.45) is 4.99 Å². The predicted molar refractivity (Wildman–Crippen MR) is 47.4 cm³/mol. The highest BCUT2D eigenvalue weighted by molar-refractivity contribution is 5.64. The fourth-order valence-electron chi connectivity index (χ4n) is 0.923. The number of hydrogen-bond donors (Lipinski definition) is 0. The molecule has 0 radical (unpaired) electrons. The van der Waals surface area contributed by atoms with Gasteiger partial charge in [-0.15, -0.1) is 0 Å². The van der Waals surface area contributed by atoms with Crippen LogP contribution in [0.3, 0.4) is 0 Å². The highest BCUT2D eigenvalue weighted by atomic mass is 16.6. The Hall–Kier alpha value is -2.20. The summed E-state index contributed by atoms with van der Waals surface area (Å²) in [6.07, 6.45) is 1.25. The Balaban J connectivity index is 3.30. The number of ether oxygens (including phenoxy) is 1. The Kier molecular flexibility index (Phi) is 2.93. The average molecular weight is 194 g/mol. The molecule has 0 saturated heterocycles. The molecule has 1 aromatic rings. The zero-order chi connectivity index (χ0) is 10.6. The monoisotopic (exact) mass is 194 g/mol. The van der Waals surface area contributed by atoms with Gasteiger partial charge in [0.25, 0.3) is 5.69 Å². The van der Waals surface area contributed by atoms with Crippen LogP contribution in [0.25, 0.3) is 0 Å². The number of nitro groups is 1. The maximum absolute atomic E-state index is 10.5. The Bertz CT molecular complexity index is 410. The zero-order valence-electron chi connectivity index (χ0n) is 7.26. The van der Waals surface area contributed by atoms with Crippen LogP contribution in [0, 0.1) is 10.1 Å². The van der Waals surface area contributed by atoms with Gasteiger partial charge in [0.1, 0.15) is 5.75 Å². The minimum absolute atomic E-state index is 0.0654. The molecule has 14 heavy (non-hydrogen) atoms. The van der Waals surface area contributed by atoms with Gasteiger partial charge < -0.3 is 4.74 Å². The van der Waals surface area contributed by atoms with Crippen molar-refractivity contribution in [2.45, 2.75) is 0 Å². The number of hydrogen-bond acceptors (Lipinski definition) is 5. The van der Waals surface area contributed by atoms with Gasteiger partial charge in [0.2, 0.25) is 6.08 Å². The number of benzene rings is 1. The van der Waals surface area contributed by atoms with E-state index in [1.165, 1.54) is 31.4 Å². The lowest BCUT2D eigenvalue weighted by atomic mass is 10.2. The van der Waals surface area contributed by atoms with Crippen LogP contribution < -0.4 is 4.74 Å². The van der Waals surface area contributed by atoms with Crippen LogP contribution in [0.1, 0.15) is 0 Å². The van der Waals surface area contributed by atoms with Gasteiger partial charge in [-0.25, -0.2) is 4.79 Å². The molecule has 0 spiro atoms. The van der Waals surface area contributed by atoms with Crippen LogP contribution in [0.4, 0.5) is 11.4 Å². The first-order valence-corrected chi connectivity index (χ1v) is 3.59. The van der Waals surface area contributed by atoms with Crippen molar-refractivity contribution in [1.29, 1.82) is 0 Å². The van der Waals surface area contributed by atoms with E-state index in [-0.39, 0.29) is 11.4 Å². The first-order valence-electron chi connectivity index (χ1n) is 3.59. The topological polar surface area (TPSA) is 81.8 Å². The number of methoxy groups -OCH3 is 1. The van der Waals surface area contributed by atoms with Crippen LogP contribution in [0.15, 0.2) is 23.2 Å². The molecule has 0 saturated carbocycles. The molecule has 1 aromatic carbocycles. The fourth-order valence-corrected chi connectivity index (χ4v) is 0.923. The number of carbonyl (C=O) groups excluding carboxylic acids is 1. The molecule has 0 aliphatic rings. The Morgan fingerprint density at radius 3 is 2.79 bits per heavy atom. The summed E-state index contributed by atoms with van der Waals surface area (Å²) in [5, 5.41) is 10.5. The molecule has 0 fully saturated rings. The largest absolute Gasteiger partial charge is 0.497 e. The van der Waals surface area contributed by atoms with Gasteiger partial charge in [0, 0.05) is 12.1 Å². The lowest BCUT2D eigenvalue weighted by Gasteiger charge is -1.99. The van der Waals surface area contributed by atoms with Gasteiger partial charge in [0.15, 0.2) is 5.69 Å². The summed E-state index contributed by atoms with van der Waals surface area (Å²) < 4.78 is 4.82. The molecule has 0 atom stereocenters. The summed E-state index contributed by atoms with van der Waals surface area (Å²) >= 11 is 0. The SMILES string of the molecule is COc1ccc([N+](=O)[O-])c(N=C=O)c1. The van der Waals surface area contributed by atoms with E-state index in [0.717, 1.165) is 0 Å². The highest BCUT2D eigenvalue weighted by Crippen LogP contribution is 2.30. The number of isocyanates is 1. The Morgan fingerprint density at radius 1 is 1.57 bits per heavy atom. The van der Waals surface area contributed by atoms with Gasteiger partial charge in [-0.05, 0) is 6.07 Å². The summed E-state index contributed by atoms with van der Waals surface area (Å²) in [5.74, 6) is 0.393. The van der Waals surface area contributed by atoms with Gasteiger partial charge >= 0.3 is 0 Å². The van der Waals surface area contributed by atoms with E-state index < -0.39 is 4.92 Å². The van der Waals surface area contributed by atoms with Crippen molar-refractivity contribution in [2.75, 3.05) is 7.11 Å². The van der Waals surface area contributed by atoms with E-state index in [4.69, 9.17) is 4.74 Å². The lowest BCUT2D eigenvalue weighted by molar-refractivity contribution is -0.384. The van der Waals surface area contributed by atoms with Gasteiger partial charge in [-0.2, -0.15) is 4.99 Å². The quantitative estimate of drug-likeness (QED) is 0.316. The molecule has 0 N–H and O–H groups in total. The average Bonchev–Trinajstić information content (AvgIpc) is 2.17. The minimum Gasteiger partial charge on any atom is -0.497 e. The van der Waals surface area contributed by atoms with Crippen molar-refractivity contribution >= 4 is 17.5 Å². The van der Waals surface area contributed by atoms with Crippen LogP contribution >= 0.6 is 0 Å². The molecule has 6 nitrogen and oxygen atoms in total. The third-order valence-electron chi connectivity index (χ3n) is 1.55. The van der Waals surface area contributed by atoms with Crippen molar-refractivity contribution < 1.29 is 14.5 Å². The van der Waals surface area contributed by atoms with Gasteiger partial charge in [-0.1, -0.05) is 0 Å². The van der Waals surface area contributed by atoms with Crippen molar-refractivity contribution in [3.05, 3.63) is 28.3 Å². The first kappa shape index (κ1) is 9.88. The van der Waals surface area contributed by atoms with E-state index in [1.807, 2.05) is 0 Å². The second kappa shape index (κ2) is 4.15. The molecule has 0 aromatic heterocycles. The Morgan fingerprint density at radius 2 is 2.29 bits per heavy atom. The standard InChI is InChI=1S/C8H6N2O4/c1-14-6-2-3-8(10(12)13)7(4-6)9-5-11/h2-4H,1H3. The molecule has 0 heterocycles. The molecule has 0 aliphatic carbocycles. The van der Waals surface area contributed by atoms with E-state index in [0.29, 0.717) is 5.75 Å². The molecule has 0 unspecified atom stereocenters. The van der Waals surface area contributed by atoms with Crippen LogP contribution in [0.5, 0.6) is 5.75 Å². The van der Waals surface area contributed by atoms with Crippen LogP contribution in [0.2, 0.25) is 0 Å². The van der Waals surface area contributed by atoms with Crippen molar-refractivity contribution in [3.63, 3.8) is 0 Å². The normalized spacial score (nSPS) is 8.93. The van der Waals surface area contributed by atoms with E-state index in [2.05, 4.69) is 4.99 Å². The van der Waals surface area contributed by atoms with E-state index in [9.17, 15) is 14.9 Å². The highest BCUT2D eigenvalue weighted by Gasteiger charge is 2.13. The second-order valence-electron chi connectivity index (χ2n) is 2.31. The smallest absolute Gasteiger partial charge is 0.296 e.